The highest BCUT2D eigenvalue weighted by Crippen LogP contribution is 2.25. The van der Waals surface area contributed by atoms with Gasteiger partial charge in [0.05, 0.1) is 29.3 Å². The number of pyridine rings is 1. The molecule has 0 saturated heterocycles. The number of aliphatic hydroxyl groups is 1. The van der Waals surface area contributed by atoms with Gasteiger partial charge in [-0.05, 0) is 31.2 Å². The van der Waals surface area contributed by atoms with Crippen LogP contribution in [-0.2, 0) is 13.2 Å². The second-order valence-electron chi connectivity index (χ2n) is 4.85. The average molecular weight is 287 g/mol. The highest BCUT2D eigenvalue weighted by Gasteiger charge is 2.14. The van der Waals surface area contributed by atoms with Crippen molar-refractivity contribution in [2.24, 2.45) is 0 Å². The van der Waals surface area contributed by atoms with Crippen molar-refractivity contribution in [3.8, 4) is 0 Å². The van der Waals surface area contributed by atoms with E-state index in [1.807, 2.05) is 37.1 Å². The molecule has 1 aromatic heterocycles. The Labute approximate surface area is 122 Å². The lowest BCUT2D eigenvalue weighted by Gasteiger charge is -2.19. The first-order valence-corrected chi connectivity index (χ1v) is 6.53. The maximum atomic E-state index is 10.9. The Morgan fingerprint density at radius 1 is 1.33 bits per heavy atom. The molecule has 6 heteroatoms. The highest BCUT2D eigenvalue weighted by atomic mass is 16.6. The van der Waals surface area contributed by atoms with Crippen molar-refractivity contribution in [2.75, 3.05) is 11.9 Å². The molecule has 110 valence electrons. The molecule has 0 radical (unpaired) electrons. The predicted octanol–water partition coefficient (Wildman–Crippen LogP) is 2.43. The molecule has 0 atom stereocenters. The van der Waals surface area contributed by atoms with E-state index < -0.39 is 4.92 Å². The summed E-state index contributed by atoms with van der Waals surface area (Å²) >= 11 is 0. The third-order valence-electron chi connectivity index (χ3n) is 3.22. The zero-order chi connectivity index (χ0) is 15.4. The van der Waals surface area contributed by atoms with Crippen molar-refractivity contribution >= 4 is 11.4 Å². The van der Waals surface area contributed by atoms with E-state index in [1.54, 1.807) is 12.1 Å². The molecular weight excluding hydrogens is 270 g/mol. The van der Waals surface area contributed by atoms with Crippen LogP contribution in [0.3, 0.4) is 0 Å². The fraction of sp³-hybridized carbons (Fsp3) is 0.267. The molecule has 2 aromatic rings. The number of aliphatic hydroxyl groups excluding tert-OH is 1. The van der Waals surface area contributed by atoms with E-state index in [0.29, 0.717) is 12.1 Å². The predicted molar refractivity (Wildman–Crippen MR) is 80.1 cm³/mol. The molecule has 6 nitrogen and oxygen atoms in total. The van der Waals surface area contributed by atoms with Gasteiger partial charge in [0.2, 0.25) is 0 Å². The smallest absolute Gasteiger partial charge is 0.275 e. The molecule has 1 heterocycles. The zero-order valence-corrected chi connectivity index (χ0v) is 12.0. The molecule has 0 aliphatic rings. The number of nitro groups is 1. The first-order valence-electron chi connectivity index (χ1n) is 6.53. The van der Waals surface area contributed by atoms with Crippen LogP contribution in [0.15, 0.2) is 36.4 Å². The lowest BCUT2D eigenvalue weighted by molar-refractivity contribution is -0.385. The minimum atomic E-state index is -0.489. The monoisotopic (exact) mass is 287 g/mol. The van der Waals surface area contributed by atoms with Crippen molar-refractivity contribution in [2.45, 2.75) is 20.1 Å². The number of nitro benzene ring substituents is 1. The summed E-state index contributed by atoms with van der Waals surface area (Å²) in [6.07, 6.45) is 0. The van der Waals surface area contributed by atoms with Crippen LogP contribution in [0.4, 0.5) is 11.4 Å². The van der Waals surface area contributed by atoms with Crippen LogP contribution in [0.1, 0.15) is 17.0 Å². The van der Waals surface area contributed by atoms with Crippen LogP contribution in [0, 0.1) is 17.0 Å². The molecule has 0 unspecified atom stereocenters. The molecule has 0 spiro atoms. The maximum Gasteiger partial charge on any atom is 0.275 e. The summed E-state index contributed by atoms with van der Waals surface area (Å²) in [5.74, 6) is 0. The van der Waals surface area contributed by atoms with Crippen molar-refractivity contribution in [3.63, 3.8) is 0 Å². The third kappa shape index (κ3) is 3.55. The number of aromatic nitrogens is 1. The maximum absolute atomic E-state index is 10.9. The lowest BCUT2D eigenvalue weighted by Crippen LogP contribution is -2.17. The Morgan fingerprint density at radius 3 is 2.71 bits per heavy atom. The van der Waals surface area contributed by atoms with Crippen molar-refractivity contribution < 1.29 is 10.0 Å². The number of benzene rings is 1. The minimum absolute atomic E-state index is 0.0664. The summed E-state index contributed by atoms with van der Waals surface area (Å²) in [6.45, 7) is 2.16. The van der Waals surface area contributed by atoms with Crippen LogP contribution >= 0.6 is 0 Å². The minimum Gasteiger partial charge on any atom is -0.391 e. The van der Waals surface area contributed by atoms with Gasteiger partial charge in [-0.3, -0.25) is 15.1 Å². The highest BCUT2D eigenvalue weighted by molar-refractivity contribution is 5.55. The van der Waals surface area contributed by atoms with Gasteiger partial charge in [-0.25, -0.2) is 0 Å². The van der Waals surface area contributed by atoms with Gasteiger partial charge in [0.15, 0.2) is 0 Å². The topological polar surface area (TPSA) is 79.5 Å². The van der Waals surface area contributed by atoms with Crippen LogP contribution in [0.5, 0.6) is 0 Å². The average Bonchev–Trinajstić information content (AvgIpc) is 2.46. The summed E-state index contributed by atoms with van der Waals surface area (Å²) in [4.78, 5) is 16.7. The van der Waals surface area contributed by atoms with Gasteiger partial charge in [-0.15, -0.1) is 0 Å². The molecule has 0 fully saturated rings. The Kier molecular flexibility index (Phi) is 4.49. The van der Waals surface area contributed by atoms with Crippen LogP contribution in [-0.4, -0.2) is 22.1 Å². The summed E-state index contributed by atoms with van der Waals surface area (Å²) < 4.78 is 0. The molecule has 1 aromatic carbocycles. The van der Waals surface area contributed by atoms with E-state index in [2.05, 4.69) is 4.98 Å². The van der Waals surface area contributed by atoms with E-state index in [1.165, 1.54) is 6.07 Å². The summed E-state index contributed by atoms with van der Waals surface area (Å²) in [5, 5.41) is 20.1. The SMILES string of the molecule is Cc1cccc(CN(C)c2ccc([N+](=O)[O-])c(CO)c2)n1. The van der Waals surface area contributed by atoms with Gasteiger partial charge in [0, 0.05) is 24.5 Å². The first-order chi connectivity index (χ1) is 10.0. The van der Waals surface area contributed by atoms with E-state index in [0.717, 1.165) is 17.1 Å². The molecule has 0 aliphatic heterocycles. The molecule has 0 amide bonds. The second-order valence-corrected chi connectivity index (χ2v) is 4.85. The number of aryl methyl sites for hydroxylation is 1. The Bertz CT molecular complexity index is 658. The van der Waals surface area contributed by atoms with Crippen LogP contribution in [0.2, 0.25) is 0 Å². The first kappa shape index (κ1) is 14.9. The standard InChI is InChI=1S/C15H17N3O3/c1-11-4-3-5-13(16-11)9-17(2)14-6-7-15(18(20)21)12(8-14)10-19/h3-8,19H,9-10H2,1-2H3. The summed E-state index contributed by atoms with van der Waals surface area (Å²) in [7, 11) is 1.88. The molecule has 0 bridgehead atoms. The lowest BCUT2D eigenvalue weighted by atomic mass is 10.1. The molecule has 2 rings (SSSR count). The normalized spacial score (nSPS) is 10.4. The number of hydrogen-bond donors (Lipinski definition) is 1. The second kappa shape index (κ2) is 6.32. The quantitative estimate of drug-likeness (QED) is 0.675. The van der Waals surface area contributed by atoms with Gasteiger partial charge in [-0.1, -0.05) is 6.07 Å². The summed E-state index contributed by atoms with van der Waals surface area (Å²) in [5.41, 5.74) is 2.90. The van der Waals surface area contributed by atoms with Crippen molar-refractivity contribution in [1.29, 1.82) is 0 Å². The van der Waals surface area contributed by atoms with Gasteiger partial charge in [0.1, 0.15) is 0 Å². The number of rotatable bonds is 5. The van der Waals surface area contributed by atoms with Gasteiger partial charge in [-0.2, -0.15) is 0 Å². The van der Waals surface area contributed by atoms with E-state index >= 15 is 0 Å². The Hall–Kier alpha value is -2.47. The Morgan fingerprint density at radius 2 is 2.10 bits per heavy atom. The molecular formula is C15H17N3O3. The van der Waals surface area contributed by atoms with E-state index in [-0.39, 0.29) is 12.3 Å². The van der Waals surface area contributed by atoms with Gasteiger partial charge < -0.3 is 10.0 Å². The van der Waals surface area contributed by atoms with Crippen LogP contribution in [0.25, 0.3) is 0 Å². The number of hydrogen-bond acceptors (Lipinski definition) is 5. The van der Waals surface area contributed by atoms with Gasteiger partial charge in [0.25, 0.3) is 5.69 Å². The van der Waals surface area contributed by atoms with Gasteiger partial charge >= 0.3 is 0 Å². The number of nitrogens with zero attached hydrogens (tertiary/aromatic N) is 3. The fourth-order valence-corrected chi connectivity index (χ4v) is 2.14. The largest absolute Gasteiger partial charge is 0.391 e. The molecule has 21 heavy (non-hydrogen) atoms. The molecule has 0 aliphatic carbocycles. The van der Waals surface area contributed by atoms with E-state index in [9.17, 15) is 15.2 Å². The number of anilines is 1. The zero-order valence-electron chi connectivity index (χ0n) is 12.0. The van der Waals surface area contributed by atoms with E-state index in [4.69, 9.17) is 0 Å². The molecule has 0 saturated carbocycles. The third-order valence-corrected chi connectivity index (χ3v) is 3.22. The van der Waals surface area contributed by atoms with Crippen LogP contribution < -0.4 is 4.90 Å². The fourth-order valence-electron chi connectivity index (χ4n) is 2.14. The molecule has 1 N–H and O–H groups in total. The van der Waals surface area contributed by atoms with Crippen molar-refractivity contribution in [1.82, 2.24) is 4.98 Å². The van der Waals surface area contributed by atoms with Crippen molar-refractivity contribution in [3.05, 3.63) is 63.5 Å². The summed E-state index contributed by atoms with van der Waals surface area (Å²) in [6, 6.07) is 10.5. The Balaban J connectivity index is 2.23.